The van der Waals surface area contributed by atoms with Gasteiger partial charge in [-0.05, 0) is 50.5 Å². The summed E-state index contributed by atoms with van der Waals surface area (Å²) in [6.07, 6.45) is 0.440. The minimum Gasteiger partial charge on any atom is -0.465 e. The molecule has 4 rings (SSSR count). The molecule has 182 valence electrons. The molecule has 2 aromatic rings. The van der Waals surface area contributed by atoms with Crippen LogP contribution in [0.5, 0.6) is 0 Å². The third kappa shape index (κ3) is 4.82. The number of nitrogens with one attached hydrogen (secondary N) is 1. The Labute approximate surface area is 213 Å². The lowest BCUT2D eigenvalue weighted by Crippen LogP contribution is -2.43. The number of rotatable bonds is 6. The molecule has 2 aliphatic rings. The fourth-order valence-electron chi connectivity index (χ4n) is 5.02. The van der Waals surface area contributed by atoms with Crippen LogP contribution in [0.1, 0.15) is 50.2 Å². The number of dihydropyridines is 1. The minimum atomic E-state index is -1.00. The number of halogens is 1. The van der Waals surface area contributed by atoms with Crippen LogP contribution in [0.2, 0.25) is 0 Å². The normalized spacial score (nSPS) is 21.8. The Bertz CT molecular complexity index is 1200. The Kier molecular flexibility index (Phi) is 7.55. The molecule has 2 aromatic carbocycles. The van der Waals surface area contributed by atoms with Crippen molar-refractivity contribution < 1.29 is 23.9 Å². The van der Waals surface area contributed by atoms with Crippen molar-refractivity contribution in [3.63, 3.8) is 0 Å². The highest BCUT2D eigenvalue weighted by Gasteiger charge is 2.49. The van der Waals surface area contributed by atoms with Crippen molar-refractivity contribution in [2.45, 2.75) is 39.0 Å². The highest BCUT2D eigenvalue weighted by molar-refractivity contribution is 9.10. The molecule has 6 nitrogen and oxygen atoms in total. The van der Waals surface area contributed by atoms with Gasteiger partial charge in [0.05, 0.1) is 18.8 Å². The van der Waals surface area contributed by atoms with Gasteiger partial charge in [-0.3, -0.25) is 9.59 Å². The molecule has 0 saturated carbocycles. The Morgan fingerprint density at radius 1 is 0.971 bits per heavy atom. The third-order valence-corrected chi connectivity index (χ3v) is 7.01. The fourth-order valence-corrected chi connectivity index (χ4v) is 5.28. The number of hydrogen-bond donors (Lipinski definition) is 1. The molecule has 1 N–H and O–H groups in total. The zero-order valence-corrected chi connectivity index (χ0v) is 21.6. The van der Waals surface area contributed by atoms with Crippen LogP contribution in [-0.4, -0.2) is 30.9 Å². The maximum atomic E-state index is 14.2. The number of benzene rings is 2. The fraction of sp³-hybridized carbons (Fsp3) is 0.321. The van der Waals surface area contributed by atoms with Crippen LogP contribution in [0.25, 0.3) is 0 Å². The SMILES string of the molecule is CCOC(=O)C1=C(C)NC2=C(C(=O)C(C(=O)OCC)C(c3ccccc3)C2)C1c1ccc(Br)cc1. The number of allylic oxidation sites excluding steroid dienone is 3. The van der Waals surface area contributed by atoms with E-state index < -0.39 is 23.8 Å². The van der Waals surface area contributed by atoms with Crippen LogP contribution < -0.4 is 5.32 Å². The summed E-state index contributed by atoms with van der Waals surface area (Å²) in [6, 6.07) is 17.1. The number of hydrogen-bond acceptors (Lipinski definition) is 6. The van der Waals surface area contributed by atoms with Crippen molar-refractivity contribution in [3.05, 3.63) is 92.7 Å². The highest BCUT2D eigenvalue weighted by atomic mass is 79.9. The second kappa shape index (κ2) is 10.6. The first-order chi connectivity index (χ1) is 16.9. The van der Waals surface area contributed by atoms with Gasteiger partial charge >= 0.3 is 11.9 Å². The van der Waals surface area contributed by atoms with Gasteiger partial charge in [0.25, 0.3) is 0 Å². The lowest BCUT2D eigenvalue weighted by Gasteiger charge is -2.39. The molecule has 1 aliphatic heterocycles. The van der Waals surface area contributed by atoms with Crippen molar-refractivity contribution in [1.29, 1.82) is 0 Å². The van der Waals surface area contributed by atoms with E-state index in [1.165, 1.54) is 0 Å². The molecular weight excluding hydrogens is 510 g/mol. The van der Waals surface area contributed by atoms with Crippen LogP contribution in [0.3, 0.4) is 0 Å². The molecule has 0 bridgehead atoms. The van der Waals surface area contributed by atoms with Gasteiger partial charge in [-0.25, -0.2) is 4.79 Å². The van der Waals surface area contributed by atoms with E-state index in [1.54, 1.807) is 13.8 Å². The Hall–Kier alpha value is -3.19. The maximum absolute atomic E-state index is 14.2. The lowest BCUT2D eigenvalue weighted by molar-refractivity contribution is -0.152. The molecule has 0 radical (unpaired) electrons. The molecule has 0 spiro atoms. The average molecular weight is 538 g/mol. The predicted octanol–water partition coefficient (Wildman–Crippen LogP) is 5.16. The van der Waals surface area contributed by atoms with Crippen molar-refractivity contribution in [2.75, 3.05) is 13.2 Å². The molecule has 0 amide bonds. The van der Waals surface area contributed by atoms with Crippen molar-refractivity contribution in [3.8, 4) is 0 Å². The molecule has 0 saturated heterocycles. The number of ketones is 1. The largest absolute Gasteiger partial charge is 0.465 e. The second-order valence-electron chi connectivity index (χ2n) is 8.58. The maximum Gasteiger partial charge on any atom is 0.336 e. The van der Waals surface area contributed by atoms with Gasteiger partial charge in [0.2, 0.25) is 0 Å². The molecule has 3 atom stereocenters. The number of esters is 2. The van der Waals surface area contributed by atoms with Gasteiger partial charge in [0, 0.05) is 33.3 Å². The topological polar surface area (TPSA) is 81.7 Å². The zero-order valence-electron chi connectivity index (χ0n) is 20.0. The van der Waals surface area contributed by atoms with E-state index in [4.69, 9.17) is 9.47 Å². The summed E-state index contributed by atoms with van der Waals surface area (Å²) in [7, 11) is 0. The van der Waals surface area contributed by atoms with Crippen LogP contribution in [0.15, 0.2) is 81.6 Å². The number of Topliss-reactive ketones (excluding diaryl/α,β-unsaturated/α-hetero) is 1. The summed E-state index contributed by atoms with van der Waals surface area (Å²) in [5.74, 6) is -3.39. The Morgan fingerprint density at radius 3 is 2.26 bits per heavy atom. The van der Waals surface area contributed by atoms with Crippen LogP contribution in [-0.2, 0) is 23.9 Å². The molecule has 0 aromatic heterocycles. The average Bonchev–Trinajstić information content (AvgIpc) is 2.84. The van der Waals surface area contributed by atoms with Crippen LogP contribution in [0.4, 0.5) is 0 Å². The summed E-state index contributed by atoms with van der Waals surface area (Å²) < 4.78 is 11.6. The third-order valence-electron chi connectivity index (χ3n) is 6.49. The predicted molar refractivity (Wildman–Crippen MR) is 135 cm³/mol. The zero-order chi connectivity index (χ0) is 25.1. The van der Waals surface area contributed by atoms with E-state index in [0.717, 1.165) is 21.3 Å². The highest BCUT2D eigenvalue weighted by Crippen LogP contribution is 2.48. The van der Waals surface area contributed by atoms with Crippen molar-refractivity contribution in [1.82, 2.24) is 5.32 Å². The molecular formula is C28H28BrNO5. The molecule has 0 fully saturated rings. The number of ether oxygens (including phenoxy) is 2. The van der Waals surface area contributed by atoms with Gasteiger partial charge < -0.3 is 14.8 Å². The first kappa shape index (κ1) is 24.9. The van der Waals surface area contributed by atoms with Gasteiger partial charge in [-0.15, -0.1) is 0 Å². The molecule has 3 unspecified atom stereocenters. The smallest absolute Gasteiger partial charge is 0.336 e. The Morgan fingerprint density at radius 2 is 1.63 bits per heavy atom. The first-order valence-corrected chi connectivity index (χ1v) is 12.6. The van der Waals surface area contributed by atoms with E-state index in [-0.39, 0.29) is 24.9 Å². The Balaban J connectivity index is 1.89. The standard InChI is InChI=1S/C28H28BrNO5/c1-4-34-27(32)22-16(3)30-21-15-20(17-9-7-6-8-10-17)24(28(33)35-5-2)26(31)25(21)23(22)18-11-13-19(29)14-12-18/h6-14,20,23-24,30H,4-5,15H2,1-3H3. The quantitative estimate of drug-likeness (QED) is 0.404. The first-order valence-electron chi connectivity index (χ1n) is 11.8. The van der Waals surface area contributed by atoms with E-state index >= 15 is 0 Å². The summed E-state index contributed by atoms with van der Waals surface area (Å²) in [5, 5.41) is 3.32. The van der Waals surface area contributed by atoms with E-state index in [0.29, 0.717) is 23.3 Å². The monoisotopic (exact) mass is 537 g/mol. The van der Waals surface area contributed by atoms with E-state index in [9.17, 15) is 14.4 Å². The van der Waals surface area contributed by atoms with Crippen molar-refractivity contribution in [2.24, 2.45) is 5.92 Å². The summed E-state index contributed by atoms with van der Waals surface area (Å²) >= 11 is 3.45. The lowest BCUT2D eigenvalue weighted by atomic mass is 9.67. The molecule has 35 heavy (non-hydrogen) atoms. The van der Waals surface area contributed by atoms with E-state index in [1.807, 2.05) is 61.5 Å². The van der Waals surface area contributed by atoms with Crippen molar-refractivity contribution >= 4 is 33.7 Å². The summed E-state index contributed by atoms with van der Waals surface area (Å²) in [5.41, 5.74) is 3.84. The number of carbonyl (C=O) groups excluding carboxylic acids is 3. The van der Waals surface area contributed by atoms with Gasteiger partial charge in [0.1, 0.15) is 5.92 Å². The molecule has 7 heteroatoms. The minimum absolute atomic E-state index is 0.178. The second-order valence-corrected chi connectivity index (χ2v) is 9.49. The molecule has 1 aliphatic carbocycles. The van der Waals surface area contributed by atoms with Crippen LogP contribution in [0, 0.1) is 5.92 Å². The van der Waals surface area contributed by atoms with Gasteiger partial charge in [-0.1, -0.05) is 58.4 Å². The summed E-state index contributed by atoms with van der Waals surface area (Å²) in [6.45, 7) is 5.68. The molecule has 1 heterocycles. The van der Waals surface area contributed by atoms with Gasteiger partial charge in [-0.2, -0.15) is 0 Å². The van der Waals surface area contributed by atoms with Gasteiger partial charge in [0.15, 0.2) is 5.78 Å². The summed E-state index contributed by atoms with van der Waals surface area (Å²) in [4.78, 5) is 40.4. The number of carbonyl (C=O) groups is 3. The van der Waals surface area contributed by atoms with E-state index in [2.05, 4.69) is 21.2 Å². The van der Waals surface area contributed by atoms with Crippen LogP contribution >= 0.6 is 15.9 Å².